The zero-order valence-electron chi connectivity index (χ0n) is 10.2. The highest BCUT2D eigenvalue weighted by atomic mass is 16.3. The van der Waals surface area contributed by atoms with E-state index in [0.717, 1.165) is 31.5 Å². The second kappa shape index (κ2) is 6.61. The molecule has 16 heavy (non-hydrogen) atoms. The Labute approximate surface area is 97.9 Å². The topological polar surface area (TPSA) is 45.1 Å². The Balaban J connectivity index is 2.34. The molecule has 0 aliphatic heterocycles. The van der Waals surface area contributed by atoms with Crippen LogP contribution in [-0.4, -0.2) is 28.8 Å². The van der Waals surface area contributed by atoms with Gasteiger partial charge in [-0.1, -0.05) is 13.0 Å². The molecule has 0 saturated heterocycles. The third-order valence-corrected chi connectivity index (χ3v) is 3.10. The van der Waals surface area contributed by atoms with Gasteiger partial charge in [-0.05, 0) is 31.9 Å². The van der Waals surface area contributed by atoms with Gasteiger partial charge in [0.2, 0.25) is 0 Å². The Bertz CT molecular complexity index is 289. The maximum atomic E-state index is 9.00. The van der Waals surface area contributed by atoms with Crippen molar-refractivity contribution in [1.29, 1.82) is 0 Å². The molecule has 1 atom stereocenters. The number of nitrogens with zero attached hydrogens (tertiary/aromatic N) is 1. The predicted molar refractivity (Wildman–Crippen MR) is 66.3 cm³/mol. The standard InChI is InChI=1S/C13H22N2O/c1-3-13(2,8-11-16)15-10-7-12-6-4-5-9-14-12/h4-6,9,15-16H,3,7-8,10-11H2,1-2H3. The number of hydrogen-bond acceptors (Lipinski definition) is 3. The van der Waals surface area contributed by atoms with Gasteiger partial charge in [-0.3, -0.25) is 4.98 Å². The minimum absolute atomic E-state index is 0.0452. The molecule has 0 radical (unpaired) electrons. The zero-order chi connectivity index (χ0) is 11.9. The molecule has 0 fully saturated rings. The van der Waals surface area contributed by atoms with Crippen LogP contribution < -0.4 is 5.32 Å². The summed E-state index contributed by atoms with van der Waals surface area (Å²) in [5.41, 5.74) is 1.15. The van der Waals surface area contributed by atoms with Gasteiger partial charge in [-0.25, -0.2) is 0 Å². The average Bonchev–Trinajstić information content (AvgIpc) is 2.31. The smallest absolute Gasteiger partial charge is 0.0448 e. The van der Waals surface area contributed by atoms with Gasteiger partial charge in [-0.2, -0.15) is 0 Å². The molecule has 0 spiro atoms. The molecule has 0 aromatic carbocycles. The second-order valence-corrected chi connectivity index (χ2v) is 4.39. The molecular weight excluding hydrogens is 200 g/mol. The first kappa shape index (κ1) is 13.1. The van der Waals surface area contributed by atoms with Crippen LogP contribution in [0.5, 0.6) is 0 Å². The highest BCUT2D eigenvalue weighted by Gasteiger charge is 2.19. The number of aliphatic hydroxyl groups is 1. The summed E-state index contributed by atoms with van der Waals surface area (Å²) in [4.78, 5) is 4.28. The average molecular weight is 222 g/mol. The molecular formula is C13H22N2O. The number of aliphatic hydroxyl groups excluding tert-OH is 1. The van der Waals surface area contributed by atoms with E-state index in [2.05, 4.69) is 24.1 Å². The van der Waals surface area contributed by atoms with Gasteiger partial charge in [0.05, 0.1) is 0 Å². The lowest BCUT2D eigenvalue weighted by atomic mass is 9.95. The molecule has 0 amide bonds. The number of hydrogen-bond donors (Lipinski definition) is 2. The maximum absolute atomic E-state index is 9.00. The van der Waals surface area contributed by atoms with E-state index < -0.39 is 0 Å². The molecule has 3 nitrogen and oxygen atoms in total. The summed E-state index contributed by atoms with van der Waals surface area (Å²) < 4.78 is 0. The molecule has 0 bridgehead atoms. The van der Waals surface area contributed by atoms with E-state index in [9.17, 15) is 0 Å². The van der Waals surface area contributed by atoms with Crippen LogP contribution in [0.2, 0.25) is 0 Å². The minimum atomic E-state index is 0.0452. The number of aromatic nitrogens is 1. The van der Waals surface area contributed by atoms with Crippen molar-refractivity contribution in [3.05, 3.63) is 30.1 Å². The number of pyridine rings is 1. The van der Waals surface area contributed by atoms with Crippen LogP contribution in [0.25, 0.3) is 0 Å². The largest absolute Gasteiger partial charge is 0.396 e. The molecule has 1 rings (SSSR count). The van der Waals surface area contributed by atoms with Crippen molar-refractivity contribution in [1.82, 2.24) is 10.3 Å². The second-order valence-electron chi connectivity index (χ2n) is 4.39. The third kappa shape index (κ3) is 4.29. The minimum Gasteiger partial charge on any atom is -0.396 e. The van der Waals surface area contributed by atoms with Crippen LogP contribution in [0, 0.1) is 0 Å². The fourth-order valence-corrected chi connectivity index (χ4v) is 1.68. The van der Waals surface area contributed by atoms with Crippen molar-refractivity contribution in [2.45, 2.75) is 38.6 Å². The van der Waals surface area contributed by atoms with Crippen LogP contribution in [0.1, 0.15) is 32.4 Å². The first-order chi connectivity index (χ1) is 7.70. The van der Waals surface area contributed by atoms with Gasteiger partial charge in [0.1, 0.15) is 0 Å². The van der Waals surface area contributed by atoms with Crippen molar-refractivity contribution in [3.63, 3.8) is 0 Å². The van der Waals surface area contributed by atoms with Crippen LogP contribution in [-0.2, 0) is 6.42 Å². The summed E-state index contributed by atoms with van der Waals surface area (Å²) in [7, 11) is 0. The van der Waals surface area contributed by atoms with Crippen LogP contribution in [0.4, 0.5) is 0 Å². The van der Waals surface area contributed by atoms with Crippen LogP contribution >= 0.6 is 0 Å². The molecule has 1 heterocycles. The van der Waals surface area contributed by atoms with Gasteiger partial charge in [0, 0.05) is 37.0 Å². The van der Waals surface area contributed by atoms with Crippen molar-refractivity contribution < 1.29 is 5.11 Å². The van der Waals surface area contributed by atoms with E-state index in [1.807, 2.05) is 24.4 Å². The lowest BCUT2D eigenvalue weighted by Crippen LogP contribution is -2.43. The number of rotatable bonds is 7. The Morgan fingerprint density at radius 1 is 1.44 bits per heavy atom. The van der Waals surface area contributed by atoms with Gasteiger partial charge in [0.15, 0.2) is 0 Å². The quantitative estimate of drug-likeness (QED) is 0.739. The molecule has 2 N–H and O–H groups in total. The highest BCUT2D eigenvalue weighted by molar-refractivity contribution is 5.03. The number of nitrogens with one attached hydrogen (secondary N) is 1. The summed E-state index contributed by atoms with van der Waals surface area (Å²) in [6.07, 6.45) is 4.57. The molecule has 0 aliphatic rings. The molecule has 1 aromatic heterocycles. The van der Waals surface area contributed by atoms with E-state index in [4.69, 9.17) is 5.11 Å². The summed E-state index contributed by atoms with van der Waals surface area (Å²) in [6, 6.07) is 5.98. The normalized spacial score (nSPS) is 14.7. The van der Waals surface area contributed by atoms with Gasteiger partial charge in [-0.15, -0.1) is 0 Å². The summed E-state index contributed by atoms with van der Waals surface area (Å²) in [6.45, 7) is 5.44. The Morgan fingerprint density at radius 2 is 2.25 bits per heavy atom. The Hall–Kier alpha value is -0.930. The lowest BCUT2D eigenvalue weighted by Gasteiger charge is -2.29. The Kier molecular flexibility index (Phi) is 5.43. The van der Waals surface area contributed by atoms with Crippen LogP contribution in [0.3, 0.4) is 0 Å². The van der Waals surface area contributed by atoms with E-state index in [1.165, 1.54) is 0 Å². The first-order valence-corrected chi connectivity index (χ1v) is 5.96. The predicted octanol–water partition coefficient (Wildman–Crippen LogP) is 1.76. The lowest BCUT2D eigenvalue weighted by molar-refractivity contribution is 0.216. The third-order valence-electron chi connectivity index (χ3n) is 3.10. The van der Waals surface area contributed by atoms with E-state index in [0.29, 0.717) is 0 Å². The summed E-state index contributed by atoms with van der Waals surface area (Å²) >= 11 is 0. The molecule has 0 saturated carbocycles. The van der Waals surface area contributed by atoms with Crippen molar-refractivity contribution in [3.8, 4) is 0 Å². The van der Waals surface area contributed by atoms with Gasteiger partial charge in [0.25, 0.3) is 0 Å². The van der Waals surface area contributed by atoms with Crippen molar-refractivity contribution in [2.24, 2.45) is 0 Å². The highest BCUT2D eigenvalue weighted by Crippen LogP contribution is 2.13. The molecule has 0 aliphatic carbocycles. The van der Waals surface area contributed by atoms with E-state index in [1.54, 1.807) is 0 Å². The van der Waals surface area contributed by atoms with Gasteiger partial charge < -0.3 is 10.4 Å². The monoisotopic (exact) mass is 222 g/mol. The molecule has 1 aromatic rings. The SMILES string of the molecule is CCC(C)(CCO)NCCc1ccccn1. The molecule has 90 valence electrons. The van der Waals surface area contributed by atoms with Crippen molar-refractivity contribution in [2.75, 3.05) is 13.2 Å². The summed E-state index contributed by atoms with van der Waals surface area (Å²) in [5, 5.41) is 12.5. The molecule has 3 heteroatoms. The van der Waals surface area contributed by atoms with E-state index in [-0.39, 0.29) is 12.1 Å². The first-order valence-electron chi connectivity index (χ1n) is 5.96. The zero-order valence-corrected chi connectivity index (χ0v) is 10.2. The fraction of sp³-hybridized carbons (Fsp3) is 0.615. The van der Waals surface area contributed by atoms with E-state index >= 15 is 0 Å². The van der Waals surface area contributed by atoms with Crippen LogP contribution in [0.15, 0.2) is 24.4 Å². The van der Waals surface area contributed by atoms with Gasteiger partial charge >= 0.3 is 0 Å². The Morgan fingerprint density at radius 3 is 2.81 bits per heavy atom. The van der Waals surface area contributed by atoms with Crippen molar-refractivity contribution >= 4 is 0 Å². The maximum Gasteiger partial charge on any atom is 0.0448 e. The fourth-order valence-electron chi connectivity index (χ4n) is 1.68. The summed E-state index contributed by atoms with van der Waals surface area (Å²) in [5.74, 6) is 0. The molecule has 1 unspecified atom stereocenters.